The number of halogens is 1. The van der Waals surface area contributed by atoms with Crippen LogP contribution in [0.4, 0.5) is 4.39 Å². The minimum absolute atomic E-state index is 0.212. The lowest BCUT2D eigenvalue weighted by Crippen LogP contribution is -2.04. The van der Waals surface area contributed by atoms with Crippen molar-refractivity contribution in [1.29, 1.82) is 0 Å². The number of hydrogen-bond acceptors (Lipinski definition) is 5. The molecule has 2 aromatic carbocycles. The number of carbonyl (C=O) groups excluding carboxylic acids is 1. The SMILES string of the molecule is O=C(/C=C/c1ccc2c(c1)OCO2)OCCSc1ccccc1F. The highest BCUT2D eigenvalue weighted by Crippen LogP contribution is 2.32. The second-order valence-corrected chi connectivity index (χ2v) is 6.03. The molecule has 0 spiro atoms. The maximum Gasteiger partial charge on any atom is 0.330 e. The fraction of sp³-hybridized carbons (Fsp3) is 0.167. The molecule has 0 saturated carbocycles. The van der Waals surface area contributed by atoms with Gasteiger partial charge in [0.1, 0.15) is 12.4 Å². The van der Waals surface area contributed by atoms with Crippen LogP contribution in [0.15, 0.2) is 53.4 Å². The van der Waals surface area contributed by atoms with Gasteiger partial charge in [-0.25, -0.2) is 9.18 Å². The largest absolute Gasteiger partial charge is 0.462 e. The highest BCUT2D eigenvalue weighted by molar-refractivity contribution is 7.99. The Balaban J connectivity index is 1.43. The lowest BCUT2D eigenvalue weighted by molar-refractivity contribution is -0.137. The van der Waals surface area contributed by atoms with Crippen molar-refractivity contribution in [3.63, 3.8) is 0 Å². The molecule has 0 amide bonds. The molecule has 1 aliphatic rings. The Morgan fingerprint density at radius 3 is 2.92 bits per heavy atom. The lowest BCUT2D eigenvalue weighted by Gasteiger charge is -2.03. The summed E-state index contributed by atoms with van der Waals surface area (Å²) in [5.74, 6) is 1.13. The molecule has 0 N–H and O–H groups in total. The topological polar surface area (TPSA) is 44.8 Å². The van der Waals surface area contributed by atoms with Gasteiger partial charge in [0.15, 0.2) is 11.5 Å². The van der Waals surface area contributed by atoms with Gasteiger partial charge < -0.3 is 14.2 Å². The van der Waals surface area contributed by atoms with Crippen LogP contribution < -0.4 is 9.47 Å². The van der Waals surface area contributed by atoms with Crippen molar-refractivity contribution < 1.29 is 23.4 Å². The van der Waals surface area contributed by atoms with E-state index in [9.17, 15) is 9.18 Å². The number of fused-ring (bicyclic) bond motifs is 1. The number of thioether (sulfide) groups is 1. The molecule has 3 rings (SSSR count). The third-order valence-electron chi connectivity index (χ3n) is 3.23. The monoisotopic (exact) mass is 346 g/mol. The Labute approximate surface area is 143 Å². The summed E-state index contributed by atoms with van der Waals surface area (Å²) in [5, 5.41) is 0. The molecule has 0 aliphatic carbocycles. The average molecular weight is 346 g/mol. The van der Waals surface area contributed by atoms with Gasteiger partial charge in [-0.3, -0.25) is 0 Å². The van der Waals surface area contributed by atoms with Crippen LogP contribution in [0.5, 0.6) is 11.5 Å². The number of ether oxygens (including phenoxy) is 3. The van der Waals surface area contributed by atoms with Gasteiger partial charge in [0, 0.05) is 16.7 Å². The minimum atomic E-state index is -0.443. The molecule has 0 fully saturated rings. The zero-order valence-electron chi connectivity index (χ0n) is 12.7. The van der Waals surface area contributed by atoms with E-state index in [1.165, 1.54) is 23.9 Å². The fourth-order valence-corrected chi connectivity index (χ4v) is 2.85. The van der Waals surface area contributed by atoms with E-state index >= 15 is 0 Å². The van der Waals surface area contributed by atoms with E-state index in [0.29, 0.717) is 22.1 Å². The predicted octanol–water partition coefficient (Wildman–Crippen LogP) is 3.90. The van der Waals surface area contributed by atoms with Crippen molar-refractivity contribution in [3.05, 3.63) is 59.9 Å². The van der Waals surface area contributed by atoms with E-state index in [1.54, 1.807) is 36.4 Å². The normalized spacial score (nSPS) is 12.5. The van der Waals surface area contributed by atoms with Crippen LogP contribution in [0.2, 0.25) is 0 Å². The Morgan fingerprint density at radius 2 is 2.04 bits per heavy atom. The molecule has 0 atom stereocenters. The average Bonchev–Trinajstić information content (AvgIpc) is 3.06. The zero-order chi connectivity index (χ0) is 16.8. The van der Waals surface area contributed by atoms with Gasteiger partial charge >= 0.3 is 5.97 Å². The number of hydrogen-bond donors (Lipinski definition) is 0. The second-order valence-electron chi connectivity index (χ2n) is 4.89. The quantitative estimate of drug-likeness (QED) is 0.343. The van der Waals surface area contributed by atoms with Crippen LogP contribution in [0, 0.1) is 5.82 Å². The van der Waals surface area contributed by atoms with Gasteiger partial charge in [0.2, 0.25) is 6.79 Å². The van der Waals surface area contributed by atoms with Crippen LogP contribution in [0.1, 0.15) is 5.56 Å². The van der Waals surface area contributed by atoms with Crippen LogP contribution in [-0.4, -0.2) is 25.1 Å². The molecule has 0 bridgehead atoms. The molecule has 1 aliphatic heterocycles. The summed E-state index contributed by atoms with van der Waals surface area (Å²) in [5.41, 5.74) is 0.817. The summed E-state index contributed by atoms with van der Waals surface area (Å²) in [4.78, 5) is 12.2. The molecule has 0 aromatic heterocycles. The number of rotatable bonds is 6. The van der Waals surface area contributed by atoms with Crippen LogP contribution in [-0.2, 0) is 9.53 Å². The molecular weight excluding hydrogens is 331 g/mol. The van der Waals surface area contributed by atoms with Crippen LogP contribution in [0.25, 0.3) is 6.08 Å². The van der Waals surface area contributed by atoms with E-state index < -0.39 is 5.97 Å². The Kier molecular flexibility index (Phi) is 5.38. The van der Waals surface area contributed by atoms with Gasteiger partial charge in [0.05, 0.1) is 0 Å². The second kappa shape index (κ2) is 7.88. The minimum Gasteiger partial charge on any atom is -0.462 e. The van der Waals surface area contributed by atoms with Gasteiger partial charge in [-0.2, -0.15) is 0 Å². The summed E-state index contributed by atoms with van der Waals surface area (Å²) in [6, 6.07) is 11.9. The van der Waals surface area contributed by atoms with Crippen LogP contribution in [0.3, 0.4) is 0 Å². The molecule has 6 heteroatoms. The smallest absolute Gasteiger partial charge is 0.330 e. The summed E-state index contributed by atoms with van der Waals surface area (Å²) in [7, 11) is 0. The van der Waals surface area contributed by atoms with E-state index in [4.69, 9.17) is 14.2 Å². The third kappa shape index (κ3) is 4.29. The van der Waals surface area contributed by atoms with E-state index in [0.717, 1.165) is 5.56 Å². The van der Waals surface area contributed by atoms with E-state index in [1.807, 2.05) is 6.07 Å². The van der Waals surface area contributed by atoms with Crippen molar-refractivity contribution in [2.45, 2.75) is 4.90 Å². The highest BCUT2D eigenvalue weighted by atomic mass is 32.2. The van der Waals surface area contributed by atoms with Crippen molar-refractivity contribution in [2.24, 2.45) is 0 Å². The molecule has 0 radical (unpaired) electrons. The van der Waals surface area contributed by atoms with Gasteiger partial charge in [-0.1, -0.05) is 18.2 Å². The molecule has 1 heterocycles. The van der Waals surface area contributed by atoms with Crippen molar-refractivity contribution >= 4 is 23.8 Å². The molecule has 2 aromatic rings. The van der Waals surface area contributed by atoms with Crippen molar-refractivity contribution in [1.82, 2.24) is 0 Å². The highest BCUT2D eigenvalue weighted by Gasteiger charge is 2.12. The zero-order valence-corrected chi connectivity index (χ0v) is 13.6. The summed E-state index contributed by atoms with van der Waals surface area (Å²) >= 11 is 1.31. The Morgan fingerprint density at radius 1 is 1.21 bits per heavy atom. The molecular formula is C18H15FO4S. The number of carbonyl (C=O) groups is 1. The Bertz CT molecular complexity index is 760. The van der Waals surface area contributed by atoms with E-state index in [2.05, 4.69) is 0 Å². The first-order chi connectivity index (χ1) is 11.7. The lowest BCUT2D eigenvalue weighted by atomic mass is 10.2. The molecule has 24 heavy (non-hydrogen) atoms. The molecule has 0 saturated heterocycles. The first-order valence-electron chi connectivity index (χ1n) is 7.34. The van der Waals surface area contributed by atoms with E-state index in [-0.39, 0.29) is 19.2 Å². The van der Waals surface area contributed by atoms with Crippen molar-refractivity contribution in [2.75, 3.05) is 19.2 Å². The fourth-order valence-electron chi connectivity index (χ4n) is 2.08. The van der Waals surface area contributed by atoms with Gasteiger partial charge in [-0.15, -0.1) is 11.8 Å². The maximum atomic E-state index is 13.4. The predicted molar refractivity (Wildman–Crippen MR) is 89.7 cm³/mol. The standard InChI is InChI=1S/C18H15FO4S/c19-14-3-1-2-4-17(14)24-10-9-21-18(20)8-6-13-5-7-15-16(11-13)23-12-22-15/h1-8,11H,9-10,12H2/b8-6+. The maximum absolute atomic E-state index is 13.4. The first kappa shape index (κ1) is 16.4. The summed E-state index contributed by atoms with van der Waals surface area (Å²) in [6.45, 7) is 0.424. The molecule has 124 valence electrons. The third-order valence-corrected chi connectivity index (χ3v) is 4.24. The summed E-state index contributed by atoms with van der Waals surface area (Å²) < 4.78 is 29.0. The number of benzene rings is 2. The van der Waals surface area contributed by atoms with Gasteiger partial charge in [-0.05, 0) is 35.9 Å². The summed E-state index contributed by atoms with van der Waals surface area (Å²) in [6.07, 6.45) is 3.00. The van der Waals surface area contributed by atoms with Crippen molar-refractivity contribution in [3.8, 4) is 11.5 Å². The Hall–Kier alpha value is -2.47. The first-order valence-corrected chi connectivity index (χ1v) is 8.33. The molecule has 4 nitrogen and oxygen atoms in total. The van der Waals surface area contributed by atoms with Crippen LogP contribution >= 0.6 is 11.8 Å². The van der Waals surface area contributed by atoms with Gasteiger partial charge in [0.25, 0.3) is 0 Å². The molecule has 0 unspecified atom stereocenters. The number of esters is 1.